The first-order chi connectivity index (χ1) is 13.5. The fourth-order valence-corrected chi connectivity index (χ4v) is 5.05. The molecule has 3 rings (SSSR count). The number of hydrogen-bond donors (Lipinski definition) is 0. The van der Waals surface area contributed by atoms with Crippen LogP contribution in [0, 0.1) is 5.92 Å². The highest BCUT2D eigenvalue weighted by Gasteiger charge is 2.30. The molecular weight excluding hydrogens is 378 g/mol. The maximum Gasteiger partial charge on any atom is 0.341 e. The third-order valence-corrected chi connectivity index (χ3v) is 6.43. The average Bonchev–Trinajstić information content (AvgIpc) is 3.10. The van der Waals surface area contributed by atoms with Crippen molar-refractivity contribution in [3.8, 4) is 5.75 Å². The molecule has 0 aliphatic heterocycles. The van der Waals surface area contributed by atoms with E-state index in [2.05, 4.69) is 0 Å². The number of esters is 1. The molecule has 0 saturated heterocycles. The van der Waals surface area contributed by atoms with Crippen molar-refractivity contribution >= 4 is 27.5 Å². The summed E-state index contributed by atoms with van der Waals surface area (Å²) < 4.78 is 22.6. The lowest BCUT2D eigenvalue weighted by Gasteiger charge is -2.31. The quantitative estimate of drug-likeness (QED) is 0.487. The van der Waals surface area contributed by atoms with Crippen molar-refractivity contribution in [2.75, 3.05) is 21.3 Å². The maximum absolute atomic E-state index is 12.2. The monoisotopic (exact) mass is 407 g/mol. The molecule has 1 aliphatic rings. The van der Waals surface area contributed by atoms with Gasteiger partial charge in [-0.25, -0.2) is 9.78 Å². The standard InChI is InChI=1S/C21H29NO5S/c1-12(2)27-17-11-16-18(10-15(17)20(23)24-3)28-19(22-16)13-6-8-14(9-7-13)21(25-4)26-5/h10-14,21H,6-9H2,1-5H3. The van der Waals surface area contributed by atoms with Crippen molar-refractivity contribution in [2.24, 2.45) is 5.92 Å². The van der Waals surface area contributed by atoms with E-state index in [0.29, 0.717) is 23.1 Å². The van der Waals surface area contributed by atoms with Gasteiger partial charge < -0.3 is 18.9 Å². The summed E-state index contributed by atoms with van der Waals surface area (Å²) in [5, 5.41) is 1.12. The number of fused-ring (bicyclic) bond motifs is 1. The van der Waals surface area contributed by atoms with Crippen LogP contribution in [0.3, 0.4) is 0 Å². The van der Waals surface area contributed by atoms with E-state index in [9.17, 15) is 4.79 Å². The molecule has 1 aromatic heterocycles. The molecule has 1 fully saturated rings. The Kier molecular flexibility index (Phi) is 6.91. The van der Waals surface area contributed by atoms with Crippen molar-refractivity contribution in [3.63, 3.8) is 0 Å². The molecule has 0 amide bonds. The first-order valence-corrected chi connectivity index (χ1v) is 10.5. The number of benzene rings is 1. The highest BCUT2D eigenvalue weighted by atomic mass is 32.1. The van der Waals surface area contributed by atoms with Gasteiger partial charge in [-0.05, 0) is 45.6 Å². The van der Waals surface area contributed by atoms with E-state index in [0.717, 1.165) is 40.9 Å². The lowest BCUT2D eigenvalue weighted by Crippen LogP contribution is -2.28. The van der Waals surface area contributed by atoms with E-state index in [1.165, 1.54) is 7.11 Å². The largest absolute Gasteiger partial charge is 0.490 e. The SMILES string of the molecule is COC(=O)c1cc2sc(C3CCC(C(OC)OC)CC3)nc2cc1OC(C)C. The Morgan fingerprint density at radius 1 is 1.11 bits per heavy atom. The first kappa shape index (κ1) is 21.0. The van der Waals surface area contributed by atoms with Gasteiger partial charge in [0.2, 0.25) is 0 Å². The zero-order chi connectivity index (χ0) is 20.3. The van der Waals surface area contributed by atoms with Gasteiger partial charge in [0.05, 0.1) is 28.4 Å². The van der Waals surface area contributed by atoms with Gasteiger partial charge in [-0.3, -0.25) is 0 Å². The van der Waals surface area contributed by atoms with Gasteiger partial charge >= 0.3 is 5.97 Å². The Balaban J connectivity index is 1.83. The van der Waals surface area contributed by atoms with Gasteiger partial charge in [-0.15, -0.1) is 11.3 Å². The van der Waals surface area contributed by atoms with Gasteiger partial charge in [0.1, 0.15) is 11.3 Å². The highest BCUT2D eigenvalue weighted by Crippen LogP contribution is 2.41. The molecule has 0 radical (unpaired) electrons. The fraction of sp³-hybridized carbons (Fsp3) is 0.619. The van der Waals surface area contributed by atoms with Gasteiger partial charge in [-0.1, -0.05) is 0 Å². The zero-order valence-electron chi connectivity index (χ0n) is 17.2. The Labute approximate surface area is 170 Å². The summed E-state index contributed by atoms with van der Waals surface area (Å²) in [4.78, 5) is 17.0. The molecule has 1 aliphatic carbocycles. The van der Waals surface area contributed by atoms with Crippen molar-refractivity contribution in [1.82, 2.24) is 4.98 Å². The Morgan fingerprint density at radius 2 is 1.79 bits per heavy atom. The van der Waals surface area contributed by atoms with E-state index in [1.807, 2.05) is 26.0 Å². The minimum absolute atomic E-state index is 0.0382. The molecular formula is C21H29NO5S. The normalized spacial score (nSPS) is 20.1. The van der Waals surface area contributed by atoms with Crippen LogP contribution in [0.2, 0.25) is 0 Å². The third kappa shape index (κ3) is 4.47. The number of carbonyl (C=O) groups is 1. The van der Waals surface area contributed by atoms with Gasteiger partial charge in [-0.2, -0.15) is 0 Å². The van der Waals surface area contributed by atoms with E-state index < -0.39 is 5.97 Å². The van der Waals surface area contributed by atoms with Crippen LogP contribution in [0.4, 0.5) is 0 Å². The Hall–Kier alpha value is -1.70. The molecule has 1 aromatic carbocycles. The predicted octanol–water partition coefficient (Wildman–Crippen LogP) is 4.76. The predicted molar refractivity (Wildman–Crippen MR) is 109 cm³/mol. The van der Waals surface area contributed by atoms with Gasteiger partial charge in [0.25, 0.3) is 0 Å². The number of carbonyl (C=O) groups excluding carboxylic acids is 1. The van der Waals surface area contributed by atoms with Crippen LogP contribution in [0.15, 0.2) is 12.1 Å². The summed E-state index contributed by atoms with van der Waals surface area (Å²) in [6.07, 6.45) is 4.07. The minimum atomic E-state index is -0.391. The second-order valence-corrected chi connectivity index (χ2v) is 8.54. The second-order valence-electron chi connectivity index (χ2n) is 7.48. The van der Waals surface area contributed by atoms with Crippen LogP contribution in [0.1, 0.15) is 60.8 Å². The van der Waals surface area contributed by atoms with Gasteiger partial charge in [0.15, 0.2) is 6.29 Å². The van der Waals surface area contributed by atoms with Crippen molar-refractivity contribution < 1.29 is 23.7 Å². The number of ether oxygens (including phenoxy) is 4. The van der Waals surface area contributed by atoms with Crippen LogP contribution in [-0.4, -0.2) is 44.7 Å². The van der Waals surface area contributed by atoms with E-state index in [4.69, 9.17) is 23.9 Å². The lowest BCUT2D eigenvalue weighted by atomic mass is 9.82. The number of nitrogens with zero attached hydrogens (tertiary/aromatic N) is 1. The molecule has 6 nitrogen and oxygen atoms in total. The Morgan fingerprint density at radius 3 is 2.36 bits per heavy atom. The minimum Gasteiger partial charge on any atom is -0.490 e. The van der Waals surface area contributed by atoms with Crippen molar-refractivity contribution in [3.05, 3.63) is 22.7 Å². The molecule has 28 heavy (non-hydrogen) atoms. The topological polar surface area (TPSA) is 66.9 Å². The number of aromatic nitrogens is 1. The molecule has 0 spiro atoms. The molecule has 0 N–H and O–H groups in total. The average molecular weight is 408 g/mol. The van der Waals surface area contributed by atoms with Crippen molar-refractivity contribution in [2.45, 2.75) is 57.8 Å². The summed E-state index contributed by atoms with van der Waals surface area (Å²) in [5.41, 5.74) is 1.32. The summed E-state index contributed by atoms with van der Waals surface area (Å²) in [5.74, 6) is 0.993. The van der Waals surface area contributed by atoms with Crippen LogP contribution >= 0.6 is 11.3 Å². The molecule has 1 saturated carbocycles. The molecule has 1 heterocycles. The third-order valence-electron chi connectivity index (χ3n) is 5.24. The van der Waals surface area contributed by atoms with Crippen molar-refractivity contribution in [1.29, 1.82) is 0 Å². The number of thiazole rings is 1. The molecule has 7 heteroatoms. The number of rotatable bonds is 7. The van der Waals surface area contributed by atoms with E-state index >= 15 is 0 Å². The molecule has 0 bridgehead atoms. The molecule has 0 atom stereocenters. The first-order valence-electron chi connectivity index (χ1n) is 9.71. The molecule has 154 valence electrons. The molecule has 0 unspecified atom stereocenters. The number of hydrogen-bond acceptors (Lipinski definition) is 7. The smallest absolute Gasteiger partial charge is 0.341 e. The fourth-order valence-electron chi connectivity index (χ4n) is 3.89. The maximum atomic E-state index is 12.2. The summed E-state index contributed by atoms with van der Waals surface area (Å²) >= 11 is 1.66. The van der Waals surface area contributed by atoms with E-state index in [-0.39, 0.29) is 12.4 Å². The molecule has 2 aromatic rings. The van der Waals surface area contributed by atoms with Crippen LogP contribution in [0.5, 0.6) is 5.75 Å². The van der Waals surface area contributed by atoms with Crippen LogP contribution < -0.4 is 4.74 Å². The summed E-state index contributed by atoms with van der Waals surface area (Å²) in [6, 6.07) is 3.71. The summed E-state index contributed by atoms with van der Waals surface area (Å²) in [6.45, 7) is 3.87. The zero-order valence-corrected chi connectivity index (χ0v) is 18.0. The van der Waals surface area contributed by atoms with Crippen LogP contribution in [0.25, 0.3) is 10.2 Å². The lowest BCUT2D eigenvalue weighted by molar-refractivity contribution is -0.144. The Bertz CT molecular complexity index is 806. The van der Waals surface area contributed by atoms with Crippen LogP contribution in [-0.2, 0) is 14.2 Å². The van der Waals surface area contributed by atoms with E-state index in [1.54, 1.807) is 25.6 Å². The second kappa shape index (κ2) is 9.20. The van der Waals surface area contributed by atoms with Gasteiger partial charge in [0, 0.05) is 32.1 Å². The number of methoxy groups -OCH3 is 3. The summed E-state index contributed by atoms with van der Waals surface area (Å²) in [7, 11) is 4.78. The highest BCUT2D eigenvalue weighted by molar-refractivity contribution is 7.18.